The molecular formula is C12H9Cl2N5O. The van der Waals surface area contributed by atoms with Gasteiger partial charge in [-0.15, -0.1) is 0 Å². The molecule has 20 heavy (non-hydrogen) atoms. The minimum Gasteiger partial charge on any atom is -0.396 e. The van der Waals surface area contributed by atoms with E-state index in [1.807, 2.05) is 7.05 Å². The maximum absolute atomic E-state index is 5.98. The van der Waals surface area contributed by atoms with Gasteiger partial charge < -0.3 is 10.3 Å². The number of anilines is 1. The van der Waals surface area contributed by atoms with Gasteiger partial charge in [0.1, 0.15) is 5.69 Å². The van der Waals surface area contributed by atoms with E-state index in [-0.39, 0.29) is 0 Å². The second-order valence-corrected chi connectivity index (χ2v) is 4.97. The second-order valence-electron chi connectivity index (χ2n) is 4.15. The van der Waals surface area contributed by atoms with E-state index in [2.05, 4.69) is 15.2 Å². The lowest BCUT2D eigenvalue weighted by atomic mass is 10.2. The van der Waals surface area contributed by atoms with E-state index in [0.717, 1.165) is 0 Å². The fourth-order valence-electron chi connectivity index (χ4n) is 1.69. The molecule has 0 aliphatic heterocycles. The average Bonchev–Trinajstić information content (AvgIpc) is 3.03. The van der Waals surface area contributed by atoms with E-state index in [9.17, 15) is 0 Å². The zero-order chi connectivity index (χ0) is 14.3. The quantitative estimate of drug-likeness (QED) is 0.736. The molecule has 0 saturated carbocycles. The smallest absolute Gasteiger partial charge is 0.258 e. The molecule has 8 heteroatoms. The summed E-state index contributed by atoms with van der Waals surface area (Å²) in [6.45, 7) is 0. The molecule has 0 amide bonds. The lowest BCUT2D eigenvalue weighted by molar-refractivity contribution is 0.432. The van der Waals surface area contributed by atoms with Crippen LogP contribution in [0.2, 0.25) is 10.0 Å². The van der Waals surface area contributed by atoms with E-state index < -0.39 is 0 Å². The SMILES string of the molecule is Cn1ccc(-c2noc(-c3cc(Cl)c(N)c(Cl)c3)n2)n1. The Morgan fingerprint density at radius 1 is 1.25 bits per heavy atom. The summed E-state index contributed by atoms with van der Waals surface area (Å²) >= 11 is 12.0. The highest BCUT2D eigenvalue weighted by Crippen LogP contribution is 2.33. The molecule has 3 aromatic rings. The summed E-state index contributed by atoms with van der Waals surface area (Å²) in [5, 5.41) is 8.75. The van der Waals surface area contributed by atoms with Gasteiger partial charge in [0, 0.05) is 18.8 Å². The van der Waals surface area contributed by atoms with Crippen LogP contribution in [-0.4, -0.2) is 19.9 Å². The van der Waals surface area contributed by atoms with Gasteiger partial charge in [0.25, 0.3) is 5.89 Å². The standard InChI is InChI=1S/C12H9Cl2N5O/c1-19-3-2-9(17-19)11-16-12(20-18-11)6-4-7(13)10(15)8(14)5-6/h2-5H,15H2,1H3. The van der Waals surface area contributed by atoms with Gasteiger partial charge in [-0.2, -0.15) is 10.1 Å². The Kier molecular flexibility index (Phi) is 3.11. The van der Waals surface area contributed by atoms with Gasteiger partial charge >= 0.3 is 0 Å². The van der Waals surface area contributed by atoms with Crippen LogP contribution in [0.1, 0.15) is 0 Å². The number of nitrogen functional groups attached to an aromatic ring is 1. The Labute approximate surface area is 124 Å². The van der Waals surface area contributed by atoms with E-state index >= 15 is 0 Å². The van der Waals surface area contributed by atoms with Crippen LogP contribution in [-0.2, 0) is 7.05 Å². The molecular weight excluding hydrogens is 301 g/mol. The monoisotopic (exact) mass is 309 g/mol. The van der Waals surface area contributed by atoms with Crippen LogP contribution in [0.3, 0.4) is 0 Å². The van der Waals surface area contributed by atoms with Crippen molar-refractivity contribution >= 4 is 28.9 Å². The van der Waals surface area contributed by atoms with Crippen LogP contribution in [0.15, 0.2) is 28.9 Å². The van der Waals surface area contributed by atoms with Gasteiger partial charge in [-0.05, 0) is 18.2 Å². The molecule has 0 unspecified atom stereocenters. The van der Waals surface area contributed by atoms with Crippen molar-refractivity contribution in [2.24, 2.45) is 7.05 Å². The number of hydrogen-bond donors (Lipinski definition) is 1. The van der Waals surface area contributed by atoms with Crippen molar-refractivity contribution in [1.29, 1.82) is 0 Å². The largest absolute Gasteiger partial charge is 0.396 e. The van der Waals surface area contributed by atoms with E-state index in [4.69, 9.17) is 33.5 Å². The Morgan fingerprint density at radius 3 is 2.55 bits per heavy atom. The minimum atomic E-state index is 0.300. The van der Waals surface area contributed by atoms with Crippen LogP contribution in [0.25, 0.3) is 23.0 Å². The molecule has 6 nitrogen and oxygen atoms in total. The third-order valence-corrected chi connectivity index (χ3v) is 3.32. The number of rotatable bonds is 2. The van der Waals surface area contributed by atoms with E-state index in [1.54, 1.807) is 29.1 Å². The van der Waals surface area contributed by atoms with Gasteiger partial charge in [0.05, 0.1) is 15.7 Å². The van der Waals surface area contributed by atoms with Crippen LogP contribution in [0.4, 0.5) is 5.69 Å². The molecule has 0 radical (unpaired) electrons. The Morgan fingerprint density at radius 2 is 1.95 bits per heavy atom. The third kappa shape index (κ3) is 2.23. The Balaban J connectivity index is 2.02. The maximum atomic E-state index is 5.98. The van der Waals surface area contributed by atoms with Crippen molar-refractivity contribution in [3.63, 3.8) is 0 Å². The summed E-state index contributed by atoms with van der Waals surface area (Å²) in [4.78, 5) is 4.26. The van der Waals surface area contributed by atoms with Crippen molar-refractivity contribution in [2.75, 3.05) is 5.73 Å². The average molecular weight is 310 g/mol. The van der Waals surface area contributed by atoms with Gasteiger partial charge in [-0.1, -0.05) is 28.4 Å². The summed E-state index contributed by atoms with van der Waals surface area (Å²) in [6, 6.07) is 5.04. The first kappa shape index (κ1) is 13.0. The lowest BCUT2D eigenvalue weighted by Crippen LogP contribution is -1.90. The summed E-state index contributed by atoms with van der Waals surface area (Å²) in [5.74, 6) is 0.694. The molecule has 102 valence electrons. The van der Waals surface area contributed by atoms with Gasteiger partial charge in [-0.3, -0.25) is 4.68 Å². The fraction of sp³-hybridized carbons (Fsp3) is 0.0833. The van der Waals surface area contributed by atoms with Gasteiger partial charge in [0.15, 0.2) is 0 Å². The first-order chi connectivity index (χ1) is 9.54. The molecule has 0 aliphatic rings. The predicted octanol–water partition coefficient (Wildman–Crippen LogP) is 3.03. The summed E-state index contributed by atoms with van der Waals surface area (Å²) in [7, 11) is 1.81. The highest BCUT2D eigenvalue weighted by molar-refractivity contribution is 6.39. The molecule has 0 spiro atoms. The summed E-state index contributed by atoms with van der Waals surface area (Å²) < 4.78 is 6.85. The lowest BCUT2D eigenvalue weighted by Gasteiger charge is -2.02. The highest BCUT2D eigenvalue weighted by atomic mass is 35.5. The first-order valence-corrected chi connectivity index (χ1v) is 6.39. The van der Waals surface area contributed by atoms with Crippen molar-refractivity contribution in [2.45, 2.75) is 0 Å². The number of halogens is 2. The van der Waals surface area contributed by atoms with Crippen molar-refractivity contribution in [3.8, 4) is 23.0 Å². The predicted molar refractivity (Wildman–Crippen MR) is 76.4 cm³/mol. The third-order valence-electron chi connectivity index (χ3n) is 2.69. The number of nitrogens with two attached hydrogens (primary N) is 1. The van der Waals surface area contributed by atoms with E-state index in [1.165, 1.54) is 0 Å². The van der Waals surface area contributed by atoms with Crippen molar-refractivity contribution in [3.05, 3.63) is 34.4 Å². The minimum absolute atomic E-state index is 0.300. The second kappa shape index (κ2) is 4.81. The molecule has 0 saturated heterocycles. The maximum Gasteiger partial charge on any atom is 0.258 e. The number of aryl methyl sites for hydroxylation is 1. The number of hydrogen-bond acceptors (Lipinski definition) is 5. The first-order valence-electron chi connectivity index (χ1n) is 5.63. The molecule has 0 aliphatic carbocycles. The normalized spacial score (nSPS) is 10.9. The number of nitrogens with zero attached hydrogens (tertiary/aromatic N) is 4. The molecule has 2 aromatic heterocycles. The summed E-state index contributed by atoms with van der Waals surface area (Å²) in [5.41, 5.74) is 7.23. The Bertz CT molecular complexity index is 757. The fourth-order valence-corrected chi connectivity index (χ4v) is 2.17. The van der Waals surface area contributed by atoms with Crippen LogP contribution < -0.4 is 5.73 Å². The van der Waals surface area contributed by atoms with Crippen LogP contribution >= 0.6 is 23.2 Å². The van der Waals surface area contributed by atoms with E-state index in [0.29, 0.717) is 38.7 Å². The summed E-state index contributed by atoms with van der Waals surface area (Å²) in [6.07, 6.45) is 1.79. The van der Waals surface area contributed by atoms with Crippen LogP contribution in [0, 0.1) is 0 Å². The molecule has 0 atom stereocenters. The van der Waals surface area contributed by atoms with Gasteiger partial charge in [0.2, 0.25) is 5.82 Å². The molecule has 2 heterocycles. The van der Waals surface area contributed by atoms with Gasteiger partial charge in [-0.25, -0.2) is 0 Å². The molecule has 0 fully saturated rings. The topological polar surface area (TPSA) is 82.8 Å². The van der Waals surface area contributed by atoms with Crippen molar-refractivity contribution < 1.29 is 4.52 Å². The zero-order valence-electron chi connectivity index (χ0n) is 10.3. The number of aromatic nitrogens is 4. The zero-order valence-corrected chi connectivity index (χ0v) is 11.9. The molecule has 0 bridgehead atoms. The Hall–Kier alpha value is -2.05. The highest BCUT2D eigenvalue weighted by Gasteiger charge is 2.15. The van der Waals surface area contributed by atoms with Crippen molar-refractivity contribution in [1.82, 2.24) is 19.9 Å². The van der Waals surface area contributed by atoms with Crippen LogP contribution in [0.5, 0.6) is 0 Å². The molecule has 3 rings (SSSR count). The molecule has 2 N–H and O–H groups in total. The molecule has 1 aromatic carbocycles. The number of benzene rings is 1.